The lowest BCUT2D eigenvalue weighted by molar-refractivity contribution is 1.06. The van der Waals surface area contributed by atoms with E-state index in [1.807, 2.05) is 12.1 Å². The number of hydrogen-bond donors (Lipinski definition) is 0. The lowest BCUT2D eigenvalue weighted by Gasteiger charge is -2.15. The van der Waals surface area contributed by atoms with Gasteiger partial charge in [-0.3, -0.25) is 0 Å². The second-order valence-electron chi connectivity index (χ2n) is 3.09. The van der Waals surface area contributed by atoms with Gasteiger partial charge >= 0.3 is 0 Å². The smallest absolute Gasteiger partial charge is 0.109 e. The minimum atomic E-state index is -0.811. The predicted octanol–water partition coefficient (Wildman–Crippen LogP) is 3.90. The Morgan fingerprint density at radius 3 is 2.64 bits per heavy atom. The van der Waals surface area contributed by atoms with Gasteiger partial charge in [0, 0.05) is 4.47 Å². The molecule has 77 valence electrons. The van der Waals surface area contributed by atoms with Gasteiger partial charge in [-0.2, -0.15) is 0 Å². The van der Waals surface area contributed by atoms with Gasteiger partial charge in [-0.15, -0.1) is 23.2 Å². The van der Waals surface area contributed by atoms with Gasteiger partial charge in [0.2, 0.25) is 0 Å². The molecule has 0 aromatic heterocycles. The summed E-state index contributed by atoms with van der Waals surface area (Å²) in [4.78, 5) is 0. The molecule has 0 nitrogen and oxygen atoms in total. The molecule has 0 aliphatic rings. The Bertz CT molecular complexity index is 291. The first kappa shape index (κ1) is 12.6. The second-order valence-corrected chi connectivity index (χ2v) is 8.54. The third kappa shape index (κ3) is 3.57. The first-order valence-corrected chi connectivity index (χ1v) is 8.00. The van der Waals surface area contributed by atoms with Crippen molar-refractivity contribution in [3.8, 4) is 0 Å². The van der Waals surface area contributed by atoms with Crippen molar-refractivity contribution in [2.75, 3.05) is 0 Å². The van der Waals surface area contributed by atoms with Crippen molar-refractivity contribution in [3.05, 3.63) is 28.7 Å². The summed E-state index contributed by atoms with van der Waals surface area (Å²) >= 11 is 15.5. The van der Waals surface area contributed by atoms with E-state index in [1.165, 1.54) is 5.19 Å². The van der Waals surface area contributed by atoms with Gasteiger partial charge in [-0.05, 0) is 12.1 Å². The Morgan fingerprint density at radius 2 is 2.14 bits per heavy atom. The van der Waals surface area contributed by atoms with Crippen LogP contribution in [0.4, 0.5) is 0 Å². The summed E-state index contributed by atoms with van der Waals surface area (Å²) in [5.41, 5.74) is 0. The van der Waals surface area contributed by atoms with Crippen molar-refractivity contribution in [3.63, 3.8) is 0 Å². The highest BCUT2D eigenvalue weighted by atomic mass is 79.9. The summed E-state index contributed by atoms with van der Waals surface area (Å²) in [6, 6.07) is 9.43. The van der Waals surface area contributed by atoms with Crippen LogP contribution in [0, 0.1) is 0 Å². The summed E-state index contributed by atoms with van der Waals surface area (Å²) in [5.74, 6) is 0. The van der Waals surface area contributed by atoms with Crippen LogP contribution < -0.4 is 5.19 Å². The lowest BCUT2D eigenvalue weighted by atomic mass is 10.4. The SMILES string of the molecule is CCC[Si](c1cccc(Br)c1)C(Cl)Cl. The molecule has 0 saturated heterocycles. The van der Waals surface area contributed by atoms with Crippen molar-refractivity contribution >= 4 is 53.1 Å². The molecule has 0 spiro atoms. The summed E-state index contributed by atoms with van der Waals surface area (Å²) in [7, 11) is -0.811. The Morgan fingerprint density at radius 1 is 1.43 bits per heavy atom. The van der Waals surface area contributed by atoms with Gasteiger partial charge in [-0.25, -0.2) is 0 Å². The van der Waals surface area contributed by atoms with Gasteiger partial charge in [0.25, 0.3) is 0 Å². The summed E-state index contributed by atoms with van der Waals surface area (Å²) in [5, 5.41) is 1.31. The highest BCUT2D eigenvalue weighted by molar-refractivity contribution is 9.10. The first-order chi connectivity index (χ1) is 6.65. The first-order valence-electron chi connectivity index (χ1n) is 4.55. The molecule has 0 atom stereocenters. The minimum absolute atomic E-state index is 0.228. The van der Waals surface area contributed by atoms with Crippen LogP contribution in [-0.4, -0.2) is 13.3 Å². The fraction of sp³-hybridized carbons (Fsp3) is 0.400. The second kappa shape index (κ2) is 6.16. The molecule has 0 bridgehead atoms. The van der Waals surface area contributed by atoms with Gasteiger partial charge in [-0.1, -0.05) is 52.6 Å². The molecular weight excluding hydrogens is 299 g/mol. The molecule has 0 fully saturated rings. The maximum Gasteiger partial charge on any atom is 0.126 e. The maximum atomic E-state index is 6.00. The molecule has 0 aliphatic carbocycles. The maximum absolute atomic E-state index is 6.00. The lowest BCUT2D eigenvalue weighted by Crippen LogP contribution is -2.36. The monoisotopic (exact) mass is 309 g/mol. The standard InChI is InChI=1S/C10H12BrCl2Si/c1-2-6-14(10(12)13)9-5-3-4-8(11)7-9/h3-5,7,10H,2,6H2,1H3. The van der Waals surface area contributed by atoms with E-state index in [1.54, 1.807) is 0 Å². The number of hydrogen-bond acceptors (Lipinski definition) is 0. The Labute approximate surface area is 105 Å². The molecule has 1 aromatic carbocycles. The normalized spacial score (nSPS) is 11.3. The van der Waals surface area contributed by atoms with Crippen LogP contribution in [0.3, 0.4) is 0 Å². The largest absolute Gasteiger partial charge is 0.126 e. The van der Waals surface area contributed by atoms with Gasteiger partial charge in [0.15, 0.2) is 0 Å². The van der Waals surface area contributed by atoms with Crippen molar-refractivity contribution in [1.82, 2.24) is 0 Å². The van der Waals surface area contributed by atoms with Crippen LogP contribution >= 0.6 is 39.1 Å². The van der Waals surface area contributed by atoms with E-state index >= 15 is 0 Å². The highest BCUT2D eigenvalue weighted by Gasteiger charge is 2.20. The molecule has 1 aromatic rings. The highest BCUT2D eigenvalue weighted by Crippen LogP contribution is 2.15. The van der Waals surface area contributed by atoms with Crippen molar-refractivity contribution < 1.29 is 0 Å². The Hall–Kier alpha value is 0.497. The Balaban J connectivity index is 2.87. The molecule has 0 saturated carbocycles. The molecular formula is C10H12BrCl2Si. The fourth-order valence-corrected chi connectivity index (χ4v) is 5.31. The number of benzene rings is 1. The van der Waals surface area contributed by atoms with Crippen LogP contribution in [-0.2, 0) is 0 Å². The van der Waals surface area contributed by atoms with E-state index in [0.717, 1.165) is 16.9 Å². The third-order valence-electron chi connectivity index (χ3n) is 1.98. The zero-order chi connectivity index (χ0) is 10.6. The molecule has 1 rings (SSSR count). The van der Waals surface area contributed by atoms with Crippen LogP contribution in [0.5, 0.6) is 0 Å². The summed E-state index contributed by atoms with van der Waals surface area (Å²) < 4.78 is 0.872. The van der Waals surface area contributed by atoms with E-state index in [9.17, 15) is 0 Å². The van der Waals surface area contributed by atoms with Crippen LogP contribution in [0.2, 0.25) is 6.04 Å². The van der Waals surface area contributed by atoms with E-state index < -0.39 is 8.80 Å². The average molecular weight is 311 g/mol. The average Bonchev–Trinajstić information content (AvgIpc) is 2.13. The number of halogens is 3. The van der Waals surface area contributed by atoms with Crippen molar-refractivity contribution in [1.29, 1.82) is 0 Å². The number of alkyl halides is 2. The van der Waals surface area contributed by atoms with Crippen LogP contribution in [0.25, 0.3) is 0 Å². The third-order valence-corrected chi connectivity index (χ3v) is 6.67. The fourth-order valence-electron chi connectivity index (χ4n) is 1.34. The molecule has 0 amide bonds. The quantitative estimate of drug-likeness (QED) is 0.584. The molecule has 0 heterocycles. The zero-order valence-corrected chi connectivity index (χ0v) is 12.0. The van der Waals surface area contributed by atoms with Crippen LogP contribution in [0.1, 0.15) is 13.3 Å². The van der Waals surface area contributed by atoms with E-state index in [2.05, 4.69) is 35.0 Å². The van der Waals surface area contributed by atoms with E-state index in [-0.39, 0.29) is 4.46 Å². The van der Waals surface area contributed by atoms with E-state index in [4.69, 9.17) is 23.2 Å². The van der Waals surface area contributed by atoms with Gasteiger partial charge < -0.3 is 0 Å². The van der Waals surface area contributed by atoms with Crippen molar-refractivity contribution in [2.24, 2.45) is 0 Å². The van der Waals surface area contributed by atoms with E-state index in [0.29, 0.717) is 0 Å². The molecule has 14 heavy (non-hydrogen) atoms. The van der Waals surface area contributed by atoms with Gasteiger partial charge in [0.1, 0.15) is 13.3 Å². The van der Waals surface area contributed by atoms with Crippen molar-refractivity contribution in [2.45, 2.75) is 23.8 Å². The zero-order valence-electron chi connectivity index (χ0n) is 7.93. The topological polar surface area (TPSA) is 0 Å². The number of rotatable bonds is 4. The Kier molecular flexibility index (Phi) is 5.53. The summed E-state index contributed by atoms with van der Waals surface area (Å²) in [6.45, 7) is 2.17. The minimum Gasteiger partial charge on any atom is -0.109 e. The molecule has 0 aliphatic heterocycles. The van der Waals surface area contributed by atoms with Crippen LogP contribution in [0.15, 0.2) is 28.7 Å². The molecule has 4 heteroatoms. The van der Waals surface area contributed by atoms with Gasteiger partial charge in [0.05, 0.1) is 0 Å². The summed E-state index contributed by atoms with van der Waals surface area (Å²) in [6.07, 6.45) is 1.14. The predicted molar refractivity (Wildman–Crippen MR) is 70.1 cm³/mol. The molecule has 1 radical (unpaired) electrons. The molecule has 0 N–H and O–H groups in total. The molecule has 0 unspecified atom stereocenters.